The monoisotopic (exact) mass is 186 g/mol. The molecular formula is C9H18N2O2. The smallest absolute Gasteiger partial charge is 0.118 e. The summed E-state index contributed by atoms with van der Waals surface area (Å²) in [5, 5.41) is 3.69. The van der Waals surface area contributed by atoms with Gasteiger partial charge in [0.2, 0.25) is 0 Å². The first-order valence-electron chi connectivity index (χ1n) is 4.83. The van der Waals surface area contributed by atoms with E-state index in [0.717, 1.165) is 39.3 Å². The van der Waals surface area contributed by atoms with E-state index in [9.17, 15) is 0 Å². The van der Waals surface area contributed by atoms with Gasteiger partial charge in [0, 0.05) is 25.8 Å². The van der Waals surface area contributed by atoms with Gasteiger partial charge in [-0.15, -0.1) is 0 Å². The number of nitrogens with zero attached hydrogens (tertiary/aromatic N) is 2. The Kier molecular flexibility index (Phi) is 5.52. The summed E-state index contributed by atoms with van der Waals surface area (Å²) in [5.74, 6) is 0. The third kappa shape index (κ3) is 4.85. The molecule has 4 heteroatoms. The van der Waals surface area contributed by atoms with Crippen LogP contribution in [0.15, 0.2) is 5.16 Å². The predicted octanol–water partition coefficient (Wildman–Crippen LogP) is 0.731. The Balaban J connectivity index is 1.92. The third-order valence-corrected chi connectivity index (χ3v) is 1.99. The zero-order chi connectivity index (χ0) is 9.36. The number of ether oxygens (including phenoxy) is 1. The Labute approximate surface area is 79.5 Å². The summed E-state index contributed by atoms with van der Waals surface area (Å²) >= 11 is 0. The highest BCUT2D eigenvalue weighted by molar-refractivity contribution is 5.52. The Morgan fingerprint density at radius 2 is 2.23 bits per heavy atom. The van der Waals surface area contributed by atoms with Gasteiger partial charge >= 0.3 is 0 Å². The fourth-order valence-electron chi connectivity index (χ4n) is 1.30. The van der Waals surface area contributed by atoms with Crippen molar-refractivity contribution in [1.29, 1.82) is 0 Å². The van der Waals surface area contributed by atoms with E-state index in [1.54, 1.807) is 6.21 Å². The lowest BCUT2D eigenvalue weighted by molar-refractivity contribution is 0.0323. The maximum absolute atomic E-state index is 5.25. The van der Waals surface area contributed by atoms with Crippen molar-refractivity contribution >= 4 is 6.21 Å². The van der Waals surface area contributed by atoms with E-state index in [1.165, 1.54) is 0 Å². The topological polar surface area (TPSA) is 34.1 Å². The summed E-state index contributed by atoms with van der Waals surface area (Å²) < 4.78 is 5.25. The van der Waals surface area contributed by atoms with Gasteiger partial charge < -0.3 is 9.57 Å². The van der Waals surface area contributed by atoms with E-state index in [-0.39, 0.29) is 0 Å². The number of hydrogen-bond acceptors (Lipinski definition) is 4. The van der Waals surface area contributed by atoms with Crippen LogP contribution in [0.4, 0.5) is 0 Å². The molecule has 76 valence electrons. The number of rotatable bonds is 5. The molecule has 0 spiro atoms. The number of oxime groups is 1. The van der Waals surface area contributed by atoms with Gasteiger partial charge in [-0.3, -0.25) is 4.90 Å². The van der Waals surface area contributed by atoms with E-state index >= 15 is 0 Å². The van der Waals surface area contributed by atoms with Crippen LogP contribution in [0.3, 0.4) is 0 Å². The molecule has 0 amide bonds. The minimum Gasteiger partial charge on any atom is -0.396 e. The van der Waals surface area contributed by atoms with Crippen LogP contribution in [-0.4, -0.2) is 50.6 Å². The van der Waals surface area contributed by atoms with Crippen LogP contribution in [0.1, 0.15) is 13.3 Å². The van der Waals surface area contributed by atoms with E-state index < -0.39 is 0 Å². The van der Waals surface area contributed by atoms with E-state index in [2.05, 4.69) is 10.1 Å². The number of morpholine rings is 1. The second-order valence-corrected chi connectivity index (χ2v) is 3.00. The summed E-state index contributed by atoms with van der Waals surface area (Å²) in [6.45, 7) is 7.49. The molecule has 0 aliphatic carbocycles. The van der Waals surface area contributed by atoms with E-state index in [1.807, 2.05) is 6.92 Å². The minimum atomic E-state index is 0.710. The van der Waals surface area contributed by atoms with Crippen molar-refractivity contribution in [3.05, 3.63) is 0 Å². The van der Waals surface area contributed by atoms with Crippen molar-refractivity contribution in [3.8, 4) is 0 Å². The molecule has 1 fully saturated rings. The highest BCUT2D eigenvalue weighted by atomic mass is 16.6. The molecule has 0 radical (unpaired) electrons. The minimum absolute atomic E-state index is 0.710. The SMILES string of the molecule is C/C=N/OCCCN1CCOCC1. The normalized spacial score (nSPS) is 19.5. The molecule has 0 saturated carbocycles. The largest absolute Gasteiger partial charge is 0.396 e. The molecule has 1 rings (SSSR count). The molecule has 4 nitrogen and oxygen atoms in total. The Bertz CT molecular complexity index is 145. The molecule has 13 heavy (non-hydrogen) atoms. The molecule has 0 unspecified atom stereocenters. The van der Waals surface area contributed by atoms with Crippen molar-refractivity contribution in [3.63, 3.8) is 0 Å². The zero-order valence-corrected chi connectivity index (χ0v) is 8.24. The fourth-order valence-corrected chi connectivity index (χ4v) is 1.30. The van der Waals surface area contributed by atoms with Gasteiger partial charge in [0.05, 0.1) is 13.2 Å². The van der Waals surface area contributed by atoms with Gasteiger partial charge in [-0.2, -0.15) is 0 Å². The van der Waals surface area contributed by atoms with E-state index in [4.69, 9.17) is 9.57 Å². The Hall–Kier alpha value is -0.610. The average Bonchev–Trinajstić information content (AvgIpc) is 2.19. The summed E-state index contributed by atoms with van der Waals surface area (Å²) in [4.78, 5) is 7.38. The summed E-state index contributed by atoms with van der Waals surface area (Å²) in [5.41, 5.74) is 0. The highest BCUT2D eigenvalue weighted by Gasteiger charge is 2.08. The Morgan fingerprint density at radius 1 is 1.46 bits per heavy atom. The standard InChI is InChI=1S/C9H18N2O2/c1-2-10-13-7-3-4-11-5-8-12-9-6-11/h2H,3-9H2,1H3/b10-2+. The lowest BCUT2D eigenvalue weighted by Crippen LogP contribution is -2.37. The Morgan fingerprint density at radius 3 is 2.92 bits per heavy atom. The van der Waals surface area contributed by atoms with Crippen molar-refractivity contribution in [2.75, 3.05) is 39.5 Å². The lowest BCUT2D eigenvalue weighted by atomic mass is 10.3. The molecule has 1 heterocycles. The first-order valence-corrected chi connectivity index (χ1v) is 4.83. The van der Waals surface area contributed by atoms with Gasteiger partial charge in [-0.1, -0.05) is 5.16 Å². The van der Waals surface area contributed by atoms with Crippen molar-refractivity contribution in [2.24, 2.45) is 5.16 Å². The molecule has 1 aliphatic heterocycles. The van der Waals surface area contributed by atoms with Gasteiger partial charge in [-0.25, -0.2) is 0 Å². The van der Waals surface area contributed by atoms with Crippen LogP contribution in [-0.2, 0) is 9.57 Å². The second-order valence-electron chi connectivity index (χ2n) is 3.00. The van der Waals surface area contributed by atoms with Crippen molar-refractivity contribution in [1.82, 2.24) is 4.90 Å². The molecule has 1 saturated heterocycles. The molecule has 0 atom stereocenters. The maximum atomic E-state index is 5.25. The van der Waals surface area contributed by atoms with Gasteiger partial charge in [-0.05, 0) is 13.3 Å². The third-order valence-electron chi connectivity index (χ3n) is 1.99. The second kappa shape index (κ2) is 6.86. The first-order chi connectivity index (χ1) is 6.43. The van der Waals surface area contributed by atoms with Crippen LogP contribution < -0.4 is 0 Å². The van der Waals surface area contributed by atoms with Crippen LogP contribution in [0.5, 0.6) is 0 Å². The average molecular weight is 186 g/mol. The molecule has 0 aromatic heterocycles. The first kappa shape index (κ1) is 10.5. The number of hydrogen-bond donors (Lipinski definition) is 0. The molecule has 0 aromatic rings. The zero-order valence-electron chi connectivity index (χ0n) is 8.24. The highest BCUT2D eigenvalue weighted by Crippen LogP contribution is 1.97. The van der Waals surface area contributed by atoms with Crippen LogP contribution >= 0.6 is 0 Å². The molecular weight excluding hydrogens is 168 g/mol. The van der Waals surface area contributed by atoms with E-state index in [0.29, 0.717) is 6.61 Å². The van der Waals surface area contributed by atoms with Crippen LogP contribution in [0, 0.1) is 0 Å². The molecule has 1 aliphatic rings. The summed E-state index contributed by atoms with van der Waals surface area (Å²) in [6, 6.07) is 0. The summed E-state index contributed by atoms with van der Waals surface area (Å²) in [6.07, 6.45) is 2.70. The quantitative estimate of drug-likeness (QED) is 0.360. The van der Waals surface area contributed by atoms with Crippen LogP contribution in [0.25, 0.3) is 0 Å². The van der Waals surface area contributed by atoms with Gasteiger partial charge in [0.25, 0.3) is 0 Å². The summed E-state index contributed by atoms with van der Waals surface area (Å²) in [7, 11) is 0. The fraction of sp³-hybridized carbons (Fsp3) is 0.889. The molecule has 0 N–H and O–H groups in total. The van der Waals surface area contributed by atoms with Crippen molar-refractivity contribution < 1.29 is 9.57 Å². The lowest BCUT2D eigenvalue weighted by Gasteiger charge is -2.26. The maximum Gasteiger partial charge on any atom is 0.118 e. The van der Waals surface area contributed by atoms with Crippen molar-refractivity contribution in [2.45, 2.75) is 13.3 Å². The predicted molar refractivity (Wildman–Crippen MR) is 52.0 cm³/mol. The molecule has 0 aromatic carbocycles. The molecule has 0 bridgehead atoms. The van der Waals surface area contributed by atoms with Gasteiger partial charge in [0.15, 0.2) is 0 Å². The van der Waals surface area contributed by atoms with Gasteiger partial charge in [0.1, 0.15) is 6.61 Å². The van der Waals surface area contributed by atoms with Crippen LogP contribution in [0.2, 0.25) is 0 Å².